The van der Waals surface area contributed by atoms with Gasteiger partial charge in [-0.15, -0.1) is 0 Å². The topological polar surface area (TPSA) is 99.0 Å². The molecule has 5 rings (SSSR count). The number of rotatable bonds is 4. The van der Waals surface area contributed by atoms with E-state index in [1.807, 2.05) is 30.3 Å². The van der Waals surface area contributed by atoms with Gasteiger partial charge in [0.2, 0.25) is 0 Å². The summed E-state index contributed by atoms with van der Waals surface area (Å²) in [6.07, 6.45) is 0. The first kappa shape index (κ1) is 18.4. The van der Waals surface area contributed by atoms with Crippen molar-refractivity contribution in [1.82, 2.24) is 0 Å². The second kappa shape index (κ2) is 6.72. The van der Waals surface area contributed by atoms with Crippen LogP contribution in [0.5, 0.6) is 0 Å². The van der Waals surface area contributed by atoms with E-state index in [9.17, 15) is 19.7 Å². The first-order valence-corrected chi connectivity index (χ1v) is 9.41. The number of hydrogen-bond acceptors (Lipinski definition) is 6. The second-order valence-corrected chi connectivity index (χ2v) is 7.11. The Kier molecular flexibility index (Phi) is 4.12. The van der Waals surface area contributed by atoms with Gasteiger partial charge in [-0.1, -0.05) is 42.5 Å². The number of fused-ring (bicyclic) bond motifs is 3. The molecule has 0 saturated carbocycles. The monoisotopic (exact) mass is 404 g/mol. The first-order valence-electron chi connectivity index (χ1n) is 9.41. The lowest BCUT2D eigenvalue weighted by Gasteiger charge is -2.21. The van der Waals surface area contributed by atoms with E-state index in [0.29, 0.717) is 11.3 Å². The summed E-state index contributed by atoms with van der Waals surface area (Å²) in [5.41, 5.74) is 0.951. The zero-order valence-electron chi connectivity index (χ0n) is 15.7. The van der Waals surface area contributed by atoms with Gasteiger partial charge < -0.3 is 9.47 Å². The molecule has 1 fully saturated rings. The SMILES string of the molecule is O=C(CN1C(=O)C2(OCCO2)c2cc([N+](=O)[O-])ccc21)c1cccc2ccccc12. The molecule has 1 saturated heterocycles. The van der Waals surface area contributed by atoms with E-state index in [1.165, 1.54) is 23.1 Å². The maximum Gasteiger partial charge on any atom is 0.292 e. The fourth-order valence-corrected chi connectivity index (χ4v) is 4.08. The molecule has 1 spiro atoms. The highest BCUT2D eigenvalue weighted by Crippen LogP contribution is 2.47. The summed E-state index contributed by atoms with van der Waals surface area (Å²) in [4.78, 5) is 38.4. The van der Waals surface area contributed by atoms with E-state index < -0.39 is 16.6 Å². The maximum absolute atomic E-state index is 13.3. The van der Waals surface area contributed by atoms with Crippen LogP contribution in [0.1, 0.15) is 15.9 Å². The summed E-state index contributed by atoms with van der Waals surface area (Å²) in [5.74, 6) is -2.54. The number of benzene rings is 3. The van der Waals surface area contributed by atoms with Gasteiger partial charge in [-0.3, -0.25) is 24.6 Å². The number of Topliss-reactive ketones (excluding diaryl/α,β-unsaturated/α-hetero) is 1. The largest absolute Gasteiger partial charge is 0.336 e. The number of nitrogens with zero attached hydrogens (tertiary/aromatic N) is 2. The number of carbonyl (C=O) groups excluding carboxylic acids is 2. The summed E-state index contributed by atoms with van der Waals surface area (Å²) >= 11 is 0. The highest BCUT2D eigenvalue weighted by molar-refractivity contribution is 6.15. The number of amides is 1. The van der Waals surface area contributed by atoms with Crippen LogP contribution in [0.2, 0.25) is 0 Å². The Hall–Kier alpha value is -3.62. The highest BCUT2D eigenvalue weighted by atomic mass is 16.7. The van der Waals surface area contributed by atoms with Gasteiger partial charge in [0.25, 0.3) is 17.4 Å². The van der Waals surface area contributed by atoms with Crippen molar-refractivity contribution in [1.29, 1.82) is 0 Å². The lowest BCUT2D eigenvalue weighted by Crippen LogP contribution is -2.43. The van der Waals surface area contributed by atoms with Crippen molar-refractivity contribution in [2.75, 3.05) is 24.7 Å². The molecular weight excluding hydrogens is 388 g/mol. The lowest BCUT2D eigenvalue weighted by molar-refractivity contribution is -0.385. The molecule has 2 aliphatic heterocycles. The summed E-state index contributed by atoms with van der Waals surface area (Å²) in [6.45, 7) is 0.129. The molecule has 0 N–H and O–H groups in total. The Morgan fingerprint density at radius 2 is 1.80 bits per heavy atom. The number of carbonyl (C=O) groups is 2. The van der Waals surface area contributed by atoms with E-state index in [2.05, 4.69) is 0 Å². The van der Waals surface area contributed by atoms with Gasteiger partial charge in [-0.25, -0.2) is 0 Å². The zero-order valence-corrected chi connectivity index (χ0v) is 15.7. The lowest BCUT2D eigenvalue weighted by atomic mass is 10.0. The summed E-state index contributed by atoms with van der Waals surface area (Å²) in [7, 11) is 0. The summed E-state index contributed by atoms with van der Waals surface area (Å²) < 4.78 is 11.2. The van der Waals surface area contributed by atoms with Crippen LogP contribution >= 0.6 is 0 Å². The fourth-order valence-electron chi connectivity index (χ4n) is 4.08. The number of nitro groups is 1. The molecule has 2 aliphatic rings. The highest BCUT2D eigenvalue weighted by Gasteiger charge is 2.56. The van der Waals surface area contributed by atoms with Crippen molar-refractivity contribution < 1.29 is 24.0 Å². The maximum atomic E-state index is 13.3. The van der Waals surface area contributed by atoms with Crippen molar-refractivity contribution in [2.45, 2.75) is 5.79 Å². The third-order valence-corrected chi connectivity index (χ3v) is 5.45. The number of nitro benzene ring substituents is 1. The molecule has 0 aliphatic carbocycles. The molecule has 150 valence electrons. The average molecular weight is 404 g/mol. The van der Waals surface area contributed by atoms with Crippen LogP contribution in [0.25, 0.3) is 10.8 Å². The zero-order chi connectivity index (χ0) is 20.9. The van der Waals surface area contributed by atoms with Gasteiger partial charge in [-0.2, -0.15) is 0 Å². The van der Waals surface area contributed by atoms with Gasteiger partial charge in [0.1, 0.15) is 0 Å². The molecule has 1 amide bonds. The van der Waals surface area contributed by atoms with Gasteiger partial charge in [0.05, 0.1) is 35.9 Å². The molecule has 0 radical (unpaired) electrons. The molecule has 3 aromatic rings. The van der Waals surface area contributed by atoms with E-state index in [1.54, 1.807) is 12.1 Å². The van der Waals surface area contributed by atoms with Crippen LogP contribution in [0.4, 0.5) is 11.4 Å². The fraction of sp³-hybridized carbons (Fsp3) is 0.182. The molecule has 2 heterocycles. The van der Waals surface area contributed by atoms with Crippen molar-refractivity contribution in [3.05, 3.63) is 81.9 Å². The Labute approximate surface area is 170 Å². The van der Waals surface area contributed by atoms with E-state index >= 15 is 0 Å². The van der Waals surface area contributed by atoms with Gasteiger partial charge in [-0.05, 0) is 16.8 Å². The normalized spacial score (nSPS) is 16.9. The van der Waals surface area contributed by atoms with Crippen molar-refractivity contribution in [2.24, 2.45) is 0 Å². The predicted molar refractivity (Wildman–Crippen MR) is 107 cm³/mol. The molecule has 3 aromatic carbocycles. The number of non-ortho nitro benzene ring substituents is 1. The van der Waals surface area contributed by atoms with Gasteiger partial charge >= 0.3 is 0 Å². The quantitative estimate of drug-likeness (QED) is 0.376. The minimum absolute atomic E-state index is 0.178. The Morgan fingerprint density at radius 1 is 1.07 bits per heavy atom. The summed E-state index contributed by atoms with van der Waals surface area (Å²) in [6, 6.07) is 17.0. The van der Waals surface area contributed by atoms with Crippen LogP contribution in [-0.2, 0) is 20.1 Å². The Balaban J connectivity index is 1.56. The van der Waals surface area contributed by atoms with Crippen LogP contribution in [-0.4, -0.2) is 36.4 Å². The molecule has 8 nitrogen and oxygen atoms in total. The third-order valence-electron chi connectivity index (χ3n) is 5.45. The Morgan fingerprint density at radius 3 is 2.57 bits per heavy atom. The minimum atomic E-state index is -1.74. The van der Waals surface area contributed by atoms with Gasteiger partial charge in [0, 0.05) is 17.7 Å². The number of ether oxygens (including phenoxy) is 2. The van der Waals surface area contributed by atoms with Crippen molar-refractivity contribution in [3.8, 4) is 0 Å². The number of hydrogen-bond donors (Lipinski definition) is 0. The molecule has 8 heteroatoms. The molecule has 0 bridgehead atoms. The average Bonchev–Trinajstić information content (AvgIpc) is 3.34. The predicted octanol–water partition coefficient (Wildman–Crippen LogP) is 3.18. The third kappa shape index (κ3) is 2.62. The van der Waals surface area contributed by atoms with Crippen LogP contribution < -0.4 is 4.90 Å². The molecule has 30 heavy (non-hydrogen) atoms. The molecule has 0 unspecified atom stereocenters. The van der Waals surface area contributed by atoms with Gasteiger partial charge in [0.15, 0.2) is 5.78 Å². The van der Waals surface area contributed by atoms with Crippen LogP contribution in [0, 0.1) is 10.1 Å². The Bertz CT molecular complexity index is 1210. The molecular formula is C22H16N2O6. The van der Waals surface area contributed by atoms with E-state index in [0.717, 1.165) is 10.8 Å². The molecule has 0 aromatic heterocycles. The second-order valence-electron chi connectivity index (χ2n) is 7.11. The summed E-state index contributed by atoms with van der Waals surface area (Å²) in [5, 5.41) is 12.9. The van der Waals surface area contributed by atoms with Crippen molar-refractivity contribution >= 4 is 33.8 Å². The van der Waals surface area contributed by atoms with Crippen molar-refractivity contribution in [3.63, 3.8) is 0 Å². The van der Waals surface area contributed by atoms with Crippen LogP contribution in [0.3, 0.4) is 0 Å². The number of anilines is 1. The first-order chi connectivity index (χ1) is 14.5. The smallest absolute Gasteiger partial charge is 0.292 e. The number of ketones is 1. The standard InChI is InChI=1S/C22H16N2O6/c25-20(17-7-3-5-14-4-1-2-6-16(14)17)13-23-19-9-8-15(24(27)28)12-18(19)22(21(23)26)29-10-11-30-22/h1-9,12H,10-11,13H2. The van der Waals surface area contributed by atoms with Crippen LogP contribution in [0.15, 0.2) is 60.7 Å². The van der Waals surface area contributed by atoms with E-state index in [4.69, 9.17) is 9.47 Å². The van der Waals surface area contributed by atoms with E-state index in [-0.39, 0.29) is 36.8 Å². The molecule has 0 atom stereocenters. The minimum Gasteiger partial charge on any atom is -0.336 e.